The van der Waals surface area contributed by atoms with Gasteiger partial charge < -0.3 is 50.7 Å². The quantitative estimate of drug-likeness (QED) is 0.0234. The molecule has 336 valence electrons. The minimum absolute atomic E-state index is 0.0215. The molecule has 1 aliphatic heterocycles. The molecule has 1 heterocycles. The van der Waals surface area contributed by atoms with Gasteiger partial charge in [-0.1, -0.05) is 87.0 Å². The van der Waals surface area contributed by atoms with Crippen LogP contribution in [0.2, 0.25) is 24.2 Å². The summed E-state index contributed by atoms with van der Waals surface area (Å²) in [5.41, 5.74) is 0. The summed E-state index contributed by atoms with van der Waals surface area (Å²) in [5, 5.41) is 29.0. The number of hydrogen-bond acceptors (Lipinski definition) is 13. The lowest BCUT2D eigenvalue weighted by Gasteiger charge is -2.33. The molecule has 1 fully saturated rings. The van der Waals surface area contributed by atoms with Gasteiger partial charge in [0.2, 0.25) is 0 Å². The van der Waals surface area contributed by atoms with Crippen molar-refractivity contribution in [3.8, 4) is 0 Å². The van der Waals surface area contributed by atoms with Crippen molar-refractivity contribution >= 4 is 51.4 Å². The van der Waals surface area contributed by atoms with E-state index in [1.165, 1.54) is 38.5 Å². The highest BCUT2D eigenvalue weighted by Gasteiger charge is 2.46. The SMILES string of the molecule is CCCCCCCC[Si]1(OCC(C)CO[Si](CCCS)(OCCC(C)CO[Si](CCCS)(OCCC(C)CO)OCC(C)CO)OCC(C)CO)CC(C)CO1. The molecular weight excluding hydrogens is 805 g/mol. The molecule has 0 amide bonds. The van der Waals surface area contributed by atoms with E-state index < -0.39 is 26.2 Å². The van der Waals surface area contributed by atoms with Gasteiger partial charge in [0.15, 0.2) is 0 Å². The first-order valence-electron chi connectivity index (χ1n) is 22.0. The van der Waals surface area contributed by atoms with Crippen molar-refractivity contribution in [3.05, 3.63) is 0 Å². The van der Waals surface area contributed by atoms with Crippen LogP contribution in [0, 0.1) is 35.5 Å². The minimum Gasteiger partial charge on any atom is -0.396 e. The van der Waals surface area contributed by atoms with Crippen molar-refractivity contribution in [2.75, 3.05) is 84.2 Å². The van der Waals surface area contributed by atoms with Crippen LogP contribution in [0.25, 0.3) is 0 Å². The van der Waals surface area contributed by atoms with E-state index in [0.29, 0.717) is 88.6 Å². The van der Waals surface area contributed by atoms with E-state index in [4.69, 9.17) is 35.4 Å². The zero-order chi connectivity index (χ0) is 41.7. The Bertz CT molecular complexity index is 941. The van der Waals surface area contributed by atoms with Crippen molar-refractivity contribution in [1.82, 2.24) is 0 Å². The molecule has 11 nitrogen and oxygen atoms in total. The Morgan fingerprint density at radius 3 is 1.54 bits per heavy atom. The van der Waals surface area contributed by atoms with Gasteiger partial charge in [-0.3, -0.25) is 0 Å². The maximum Gasteiger partial charge on any atom is 0.501 e. The van der Waals surface area contributed by atoms with Gasteiger partial charge in [-0.25, -0.2) is 0 Å². The molecule has 9 unspecified atom stereocenters. The summed E-state index contributed by atoms with van der Waals surface area (Å²) in [6.45, 7) is 18.7. The second-order valence-corrected chi connectivity index (χ2v) is 26.6. The highest BCUT2D eigenvalue weighted by atomic mass is 32.1. The summed E-state index contributed by atoms with van der Waals surface area (Å²) in [6.07, 6.45) is 10.6. The van der Waals surface area contributed by atoms with Gasteiger partial charge in [-0.15, -0.1) is 0 Å². The summed E-state index contributed by atoms with van der Waals surface area (Å²) < 4.78 is 52.6. The van der Waals surface area contributed by atoms with E-state index in [9.17, 15) is 15.3 Å². The van der Waals surface area contributed by atoms with Gasteiger partial charge in [0, 0.05) is 103 Å². The molecule has 1 saturated heterocycles. The van der Waals surface area contributed by atoms with Crippen LogP contribution in [0.15, 0.2) is 0 Å². The molecule has 0 aromatic rings. The Balaban J connectivity index is 2.97. The maximum atomic E-state index is 9.82. The van der Waals surface area contributed by atoms with Crippen LogP contribution in [-0.4, -0.2) is 126 Å². The topological polar surface area (TPSA) is 135 Å². The first-order chi connectivity index (χ1) is 26.8. The number of thiol groups is 2. The Kier molecular flexibility index (Phi) is 32.0. The van der Waals surface area contributed by atoms with Gasteiger partial charge in [0.1, 0.15) is 0 Å². The minimum atomic E-state index is -3.16. The maximum absolute atomic E-state index is 9.82. The van der Waals surface area contributed by atoms with E-state index in [-0.39, 0.29) is 49.4 Å². The van der Waals surface area contributed by atoms with Crippen LogP contribution in [0.3, 0.4) is 0 Å². The van der Waals surface area contributed by atoms with Crippen LogP contribution in [0.1, 0.15) is 113 Å². The molecule has 0 bridgehead atoms. The molecule has 9 atom stereocenters. The molecule has 1 rings (SSSR count). The first kappa shape index (κ1) is 54.9. The highest BCUT2D eigenvalue weighted by Crippen LogP contribution is 2.34. The van der Waals surface area contributed by atoms with Crippen molar-refractivity contribution < 1.29 is 50.7 Å². The average Bonchev–Trinajstić information content (AvgIpc) is 3.58. The third-order valence-corrected chi connectivity index (χ3v) is 20.4. The third-order valence-electron chi connectivity index (χ3n) is 10.3. The Labute approximate surface area is 357 Å². The molecule has 3 N–H and O–H groups in total. The fraction of sp³-hybridized carbons (Fsp3) is 1.00. The van der Waals surface area contributed by atoms with Crippen molar-refractivity contribution in [3.63, 3.8) is 0 Å². The van der Waals surface area contributed by atoms with Gasteiger partial charge in [0.05, 0.1) is 0 Å². The van der Waals surface area contributed by atoms with Gasteiger partial charge in [0.25, 0.3) is 0 Å². The van der Waals surface area contributed by atoms with Crippen LogP contribution in [0.4, 0.5) is 0 Å². The normalized spacial score (nSPS) is 22.4. The van der Waals surface area contributed by atoms with E-state index in [1.807, 2.05) is 20.8 Å². The van der Waals surface area contributed by atoms with Crippen molar-refractivity contribution in [2.24, 2.45) is 35.5 Å². The van der Waals surface area contributed by atoms with E-state index >= 15 is 0 Å². The van der Waals surface area contributed by atoms with Crippen LogP contribution < -0.4 is 0 Å². The number of hydrogen-bond donors (Lipinski definition) is 5. The number of aliphatic hydroxyl groups is 3. The smallest absolute Gasteiger partial charge is 0.396 e. The molecule has 0 saturated carbocycles. The lowest BCUT2D eigenvalue weighted by atomic mass is 10.1. The summed E-state index contributed by atoms with van der Waals surface area (Å²) in [7, 11) is -8.51. The lowest BCUT2D eigenvalue weighted by Crippen LogP contribution is -2.49. The number of rotatable bonds is 39. The predicted molar refractivity (Wildman–Crippen MR) is 240 cm³/mol. The Hall–Kier alpha value is 0.911. The summed E-state index contributed by atoms with van der Waals surface area (Å²) in [4.78, 5) is 0. The van der Waals surface area contributed by atoms with E-state index in [1.54, 1.807) is 0 Å². The van der Waals surface area contributed by atoms with E-state index in [0.717, 1.165) is 31.5 Å². The molecule has 0 spiro atoms. The first-order valence-corrected chi connectivity index (χ1v) is 29.4. The van der Waals surface area contributed by atoms with Crippen LogP contribution in [-0.2, 0) is 35.4 Å². The average molecular weight is 892 g/mol. The summed E-state index contributed by atoms with van der Waals surface area (Å²) in [6, 6.07) is 3.39. The molecule has 1 aliphatic rings. The Morgan fingerprint density at radius 1 is 0.607 bits per heavy atom. The largest absolute Gasteiger partial charge is 0.501 e. The molecular formula is C40H86O11S2Si3. The second kappa shape index (κ2) is 32.6. The Morgan fingerprint density at radius 2 is 1.07 bits per heavy atom. The van der Waals surface area contributed by atoms with Gasteiger partial charge in [-0.2, -0.15) is 25.3 Å². The molecule has 56 heavy (non-hydrogen) atoms. The highest BCUT2D eigenvalue weighted by molar-refractivity contribution is 7.80. The third kappa shape index (κ3) is 24.4. The predicted octanol–water partition coefficient (Wildman–Crippen LogP) is 8.03. The molecule has 0 radical (unpaired) electrons. The number of unbranched alkanes of at least 4 members (excludes halogenated alkanes) is 5. The zero-order valence-corrected chi connectivity index (χ0v) is 41.3. The molecule has 16 heteroatoms. The summed E-state index contributed by atoms with van der Waals surface area (Å²) >= 11 is 8.97. The lowest BCUT2D eigenvalue weighted by molar-refractivity contribution is 0.0163. The monoisotopic (exact) mass is 890 g/mol. The number of aliphatic hydroxyl groups excluding tert-OH is 3. The molecule has 0 aliphatic carbocycles. The van der Waals surface area contributed by atoms with Crippen molar-refractivity contribution in [1.29, 1.82) is 0 Å². The summed E-state index contributed by atoms with van der Waals surface area (Å²) in [5.74, 6) is 2.20. The van der Waals surface area contributed by atoms with Crippen LogP contribution in [0.5, 0.6) is 0 Å². The van der Waals surface area contributed by atoms with Crippen LogP contribution >= 0.6 is 25.3 Å². The molecule has 0 aromatic carbocycles. The standard InChI is InChI=1S/C40H86O11S2Si3/c1-8-9-10-11-12-13-22-54(34-40(7)33-47-54)46-31-39(6)32-51-56(24-15-21-53,50-30-38(5)27-43)45-19-17-36(3)28-48-55(23-14-20-52,49-29-37(4)26-42)44-18-16-35(2)25-41/h35-43,52-53H,8-34H2,1-7H3. The van der Waals surface area contributed by atoms with Crippen molar-refractivity contribution in [2.45, 2.75) is 137 Å². The fourth-order valence-electron chi connectivity index (χ4n) is 6.27. The van der Waals surface area contributed by atoms with E-state index in [2.05, 4.69) is 53.0 Å². The fourth-order valence-corrected chi connectivity index (χ4v) is 16.7. The second-order valence-electron chi connectivity index (χ2n) is 17.0. The van der Waals surface area contributed by atoms with Gasteiger partial charge in [-0.05, 0) is 67.0 Å². The van der Waals surface area contributed by atoms with Gasteiger partial charge >= 0.3 is 26.2 Å². The zero-order valence-electron chi connectivity index (χ0n) is 36.6. The molecule has 0 aromatic heterocycles.